The first kappa shape index (κ1) is 15.9. The second-order valence-electron chi connectivity index (χ2n) is 7.23. The van der Waals surface area contributed by atoms with E-state index in [1.807, 2.05) is 18.2 Å². The molecular weight excluding hydrogens is 348 g/mol. The van der Waals surface area contributed by atoms with E-state index in [0.717, 1.165) is 18.4 Å². The first-order chi connectivity index (χ1) is 12.9. The summed E-state index contributed by atoms with van der Waals surface area (Å²) in [4.78, 5) is 21.2. The molecule has 5 rings (SSSR count). The topological polar surface area (TPSA) is 112 Å². The van der Waals surface area contributed by atoms with Gasteiger partial charge in [0.2, 0.25) is 12.5 Å². The van der Waals surface area contributed by atoms with Crippen molar-refractivity contribution in [2.75, 3.05) is 12.1 Å². The number of ether oxygens (including phenoxy) is 2. The quantitative estimate of drug-likeness (QED) is 0.730. The lowest BCUT2D eigenvalue weighted by molar-refractivity contribution is 0.1000. The number of nitrogens with one attached hydrogen (secondary N) is 1. The number of nitrogens with two attached hydrogens (primary N) is 1. The number of furan rings is 1. The monoisotopic (exact) mass is 366 g/mol. The van der Waals surface area contributed by atoms with Crippen molar-refractivity contribution in [2.24, 2.45) is 5.73 Å². The lowest BCUT2D eigenvalue weighted by Crippen LogP contribution is -2.19. The van der Waals surface area contributed by atoms with Crippen molar-refractivity contribution in [3.05, 3.63) is 29.5 Å². The van der Waals surface area contributed by atoms with Gasteiger partial charge in [-0.25, -0.2) is 4.98 Å². The lowest BCUT2D eigenvalue weighted by atomic mass is 10.1. The van der Waals surface area contributed by atoms with Crippen molar-refractivity contribution in [3.63, 3.8) is 0 Å². The van der Waals surface area contributed by atoms with E-state index in [1.54, 1.807) is 6.92 Å². The summed E-state index contributed by atoms with van der Waals surface area (Å²) in [6.07, 6.45) is 2.06. The smallest absolute Gasteiger partial charge is 0.253 e. The molecule has 3 N–H and O–H groups in total. The molecule has 3 aromatic rings. The highest BCUT2D eigenvalue weighted by Crippen LogP contribution is 2.41. The summed E-state index contributed by atoms with van der Waals surface area (Å²) in [5.74, 6) is 2.23. The Bertz CT molecular complexity index is 1100. The van der Waals surface area contributed by atoms with Gasteiger partial charge in [-0.15, -0.1) is 0 Å². The molecule has 8 heteroatoms. The number of hydrogen-bond acceptors (Lipinski definition) is 7. The third kappa shape index (κ3) is 2.56. The summed E-state index contributed by atoms with van der Waals surface area (Å²) < 4.78 is 16.5. The molecule has 3 heterocycles. The first-order valence-electron chi connectivity index (χ1n) is 8.73. The van der Waals surface area contributed by atoms with Gasteiger partial charge in [-0.3, -0.25) is 4.79 Å². The van der Waals surface area contributed by atoms with Crippen LogP contribution in [0, 0.1) is 6.92 Å². The van der Waals surface area contributed by atoms with E-state index in [4.69, 9.17) is 24.6 Å². The molecule has 1 aromatic carbocycles. The summed E-state index contributed by atoms with van der Waals surface area (Å²) in [7, 11) is 0. The molecule has 2 aromatic heterocycles. The molecule has 2 aliphatic rings. The number of carbonyl (C=O) groups is 1. The van der Waals surface area contributed by atoms with E-state index in [0.29, 0.717) is 45.6 Å². The van der Waals surface area contributed by atoms with Crippen LogP contribution in [0.3, 0.4) is 0 Å². The summed E-state index contributed by atoms with van der Waals surface area (Å²) in [5, 5.41) is 3.96. The predicted octanol–water partition coefficient (Wildman–Crippen LogP) is 2.99. The van der Waals surface area contributed by atoms with Crippen molar-refractivity contribution in [3.8, 4) is 22.9 Å². The molecule has 0 saturated heterocycles. The fourth-order valence-electron chi connectivity index (χ4n) is 3.26. The number of primary amides is 1. The normalized spacial score (nSPS) is 16.5. The number of aryl methyl sites for hydroxylation is 1. The Kier molecular flexibility index (Phi) is 3.16. The van der Waals surface area contributed by atoms with Crippen molar-refractivity contribution in [2.45, 2.75) is 32.2 Å². The van der Waals surface area contributed by atoms with Gasteiger partial charge in [-0.1, -0.05) is 0 Å². The van der Waals surface area contributed by atoms with Crippen LogP contribution in [-0.4, -0.2) is 28.2 Å². The highest BCUT2D eigenvalue weighted by atomic mass is 16.7. The lowest BCUT2D eigenvalue weighted by Gasteiger charge is -2.14. The SMILES string of the molecule is Cc1oc2nc(-c3ccc4c(c3)OCO4)nc(NC3(C)CC3)c2c1C(N)=O. The predicted molar refractivity (Wildman–Crippen MR) is 97.9 cm³/mol. The van der Waals surface area contributed by atoms with Crippen molar-refractivity contribution < 1.29 is 18.7 Å². The fraction of sp³-hybridized carbons (Fsp3) is 0.316. The Hall–Kier alpha value is -3.29. The minimum atomic E-state index is -0.560. The molecule has 0 spiro atoms. The van der Waals surface area contributed by atoms with Crippen LogP contribution in [0.25, 0.3) is 22.5 Å². The fourth-order valence-corrected chi connectivity index (χ4v) is 3.26. The summed E-state index contributed by atoms with van der Waals surface area (Å²) in [6.45, 7) is 4.01. The molecule has 1 aliphatic heterocycles. The van der Waals surface area contributed by atoms with Crippen molar-refractivity contribution in [1.82, 2.24) is 9.97 Å². The molecule has 0 radical (unpaired) electrons. The number of aromatic nitrogens is 2. The Labute approximate surface area is 154 Å². The van der Waals surface area contributed by atoms with Gasteiger partial charge >= 0.3 is 0 Å². The average Bonchev–Trinajstić information content (AvgIpc) is 3.05. The summed E-state index contributed by atoms with van der Waals surface area (Å²) in [6, 6.07) is 5.52. The second-order valence-corrected chi connectivity index (χ2v) is 7.23. The standard InChI is InChI=1S/C19H18N4O4/c1-9-13(15(20)24)14-17(23-19(2)5-6-19)21-16(22-18(14)27-9)10-3-4-11-12(7-10)26-8-25-11/h3-4,7H,5-6,8H2,1-2H3,(H2,20,24)(H,21,22,23). The van der Waals surface area contributed by atoms with Crippen molar-refractivity contribution in [1.29, 1.82) is 0 Å². The Morgan fingerprint density at radius 1 is 1.22 bits per heavy atom. The average molecular weight is 366 g/mol. The van der Waals surface area contributed by atoms with Crippen molar-refractivity contribution >= 4 is 22.8 Å². The number of anilines is 1. The maximum atomic E-state index is 12.0. The van der Waals surface area contributed by atoms with E-state index in [-0.39, 0.29) is 12.3 Å². The zero-order valence-electron chi connectivity index (χ0n) is 15.0. The van der Waals surface area contributed by atoms with Gasteiger partial charge < -0.3 is 24.9 Å². The minimum absolute atomic E-state index is 0.0481. The third-order valence-corrected chi connectivity index (χ3v) is 5.02. The maximum Gasteiger partial charge on any atom is 0.253 e. The van der Waals surface area contributed by atoms with E-state index < -0.39 is 5.91 Å². The molecule has 0 atom stereocenters. The van der Waals surface area contributed by atoms with Crippen LogP contribution in [0.15, 0.2) is 22.6 Å². The molecule has 1 aliphatic carbocycles. The Morgan fingerprint density at radius 3 is 2.74 bits per heavy atom. The molecule has 1 saturated carbocycles. The molecule has 8 nitrogen and oxygen atoms in total. The van der Waals surface area contributed by atoms with E-state index in [1.165, 1.54) is 0 Å². The van der Waals surface area contributed by atoms with Gasteiger partial charge in [0, 0.05) is 11.1 Å². The zero-order chi connectivity index (χ0) is 18.8. The van der Waals surface area contributed by atoms with E-state index in [2.05, 4.69) is 17.2 Å². The molecule has 27 heavy (non-hydrogen) atoms. The van der Waals surface area contributed by atoms with E-state index in [9.17, 15) is 4.79 Å². The van der Waals surface area contributed by atoms with Gasteiger partial charge in [0.25, 0.3) is 5.91 Å². The van der Waals surface area contributed by atoms with Gasteiger partial charge in [0.15, 0.2) is 17.3 Å². The van der Waals surface area contributed by atoms with Crippen LogP contribution in [0.5, 0.6) is 11.5 Å². The van der Waals surface area contributed by atoms with Gasteiger partial charge in [-0.2, -0.15) is 4.98 Å². The van der Waals surface area contributed by atoms with Gasteiger partial charge in [0.1, 0.15) is 11.6 Å². The Morgan fingerprint density at radius 2 is 2.00 bits per heavy atom. The van der Waals surface area contributed by atoms with Crippen LogP contribution in [0.1, 0.15) is 35.9 Å². The van der Waals surface area contributed by atoms with Crippen LogP contribution < -0.4 is 20.5 Å². The Balaban J connectivity index is 1.71. The number of hydrogen-bond donors (Lipinski definition) is 2. The highest BCUT2D eigenvalue weighted by Gasteiger charge is 2.39. The first-order valence-corrected chi connectivity index (χ1v) is 8.73. The summed E-state index contributed by atoms with van der Waals surface area (Å²) >= 11 is 0. The minimum Gasteiger partial charge on any atom is -0.454 e. The van der Waals surface area contributed by atoms with Crippen LogP contribution in [0.2, 0.25) is 0 Å². The number of benzene rings is 1. The largest absolute Gasteiger partial charge is 0.454 e. The number of fused-ring (bicyclic) bond motifs is 2. The number of rotatable bonds is 4. The number of nitrogens with zero attached hydrogens (tertiary/aromatic N) is 2. The third-order valence-electron chi connectivity index (χ3n) is 5.02. The molecule has 1 amide bonds. The zero-order valence-corrected chi connectivity index (χ0v) is 15.0. The molecule has 0 unspecified atom stereocenters. The van der Waals surface area contributed by atoms with E-state index >= 15 is 0 Å². The highest BCUT2D eigenvalue weighted by molar-refractivity contribution is 6.09. The molecular formula is C19H18N4O4. The maximum absolute atomic E-state index is 12.0. The van der Waals surface area contributed by atoms with Crippen LogP contribution >= 0.6 is 0 Å². The molecule has 0 bridgehead atoms. The second kappa shape index (κ2) is 5.35. The molecule has 138 valence electrons. The number of amides is 1. The molecule has 1 fully saturated rings. The van der Waals surface area contributed by atoms with Crippen LogP contribution in [0.4, 0.5) is 5.82 Å². The van der Waals surface area contributed by atoms with Crippen LogP contribution in [-0.2, 0) is 0 Å². The van der Waals surface area contributed by atoms with Gasteiger partial charge in [-0.05, 0) is 44.9 Å². The summed E-state index contributed by atoms with van der Waals surface area (Å²) in [5.41, 5.74) is 6.93. The number of carbonyl (C=O) groups excluding carboxylic acids is 1. The van der Waals surface area contributed by atoms with Gasteiger partial charge in [0.05, 0.1) is 10.9 Å².